The summed E-state index contributed by atoms with van der Waals surface area (Å²) in [5.74, 6) is 1.02. The van der Waals surface area contributed by atoms with Crippen LogP contribution in [-0.2, 0) is 0 Å². The average Bonchev–Trinajstić information content (AvgIpc) is 2.62. The van der Waals surface area contributed by atoms with Gasteiger partial charge in [-0.25, -0.2) is 0 Å². The summed E-state index contributed by atoms with van der Waals surface area (Å²) in [5, 5.41) is 3.57. The summed E-state index contributed by atoms with van der Waals surface area (Å²) >= 11 is 6.09. The second-order valence-electron chi connectivity index (χ2n) is 5.71. The number of anilines is 2. The van der Waals surface area contributed by atoms with Crippen molar-refractivity contribution in [3.05, 3.63) is 53.6 Å². The van der Waals surface area contributed by atoms with Gasteiger partial charge in [0.05, 0.1) is 12.1 Å². The molecule has 5 nitrogen and oxygen atoms in total. The molecule has 0 spiro atoms. The molecule has 0 fully saturated rings. The number of aliphatic imine (C=N–C) groups is 1. The summed E-state index contributed by atoms with van der Waals surface area (Å²) in [7, 11) is 3.68. The summed E-state index contributed by atoms with van der Waals surface area (Å²) in [4.78, 5) is 6.59. The van der Waals surface area contributed by atoms with Gasteiger partial charge in [-0.05, 0) is 43.2 Å². The third-order valence-corrected chi connectivity index (χ3v) is 4.10. The first kappa shape index (κ1) is 22.4. The Morgan fingerprint density at radius 1 is 1.19 bits per heavy atom. The monoisotopic (exact) mass is 488 g/mol. The molecule has 2 aromatic rings. The largest absolute Gasteiger partial charge is 0.495 e. The molecule has 0 aromatic heterocycles. The maximum absolute atomic E-state index is 6.09. The minimum absolute atomic E-state index is 0. The van der Waals surface area contributed by atoms with Crippen molar-refractivity contribution in [1.82, 2.24) is 0 Å². The molecule has 7 heteroatoms. The molecular weight excluding hydrogens is 463 g/mol. The number of methoxy groups -OCH3 is 1. The fourth-order valence-electron chi connectivity index (χ4n) is 2.40. The summed E-state index contributed by atoms with van der Waals surface area (Å²) in [5.41, 5.74) is 7.93. The minimum atomic E-state index is 0. The van der Waals surface area contributed by atoms with Crippen LogP contribution in [-0.4, -0.2) is 33.2 Å². The van der Waals surface area contributed by atoms with Gasteiger partial charge < -0.3 is 20.7 Å². The standard InChI is InChI=1S/C19H25ClN4O.HI/c1-24(16-8-4-3-5-9-16)13-7-6-12-22-19(21)23-15-10-11-18(25-2)17(20)14-15;/h3-5,8-11,14H,6-7,12-13H2,1-2H3,(H3,21,22,23);1H. The van der Waals surface area contributed by atoms with Crippen LogP contribution in [0.5, 0.6) is 5.75 Å². The normalized spacial score (nSPS) is 10.8. The molecule has 0 bridgehead atoms. The Morgan fingerprint density at radius 3 is 2.58 bits per heavy atom. The number of guanidine groups is 1. The van der Waals surface area contributed by atoms with E-state index in [-0.39, 0.29) is 24.0 Å². The van der Waals surface area contributed by atoms with Crippen molar-refractivity contribution in [2.75, 3.05) is 37.5 Å². The van der Waals surface area contributed by atoms with E-state index in [1.165, 1.54) is 5.69 Å². The molecule has 0 saturated carbocycles. The van der Waals surface area contributed by atoms with Gasteiger partial charge in [-0.1, -0.05) is 29.8 Å². The van der Waals surface area contributed by atoms with Gasteiger partial charge in [-0.3, -0.25) is 4.99 Å². The highest BCUT2D eigenvalue weighted by Crippen LogP contribution is 2.27. The molecule has 0 atom stereocenters. The maximum Gasteiger partial charge on any atom is 0.193 e. The lowest BCUT2D eigenvalue weighted by molar-refractivity contribution is 0.415. The first-order valence-electron chi connectivity index (χ1n) is 8.27. The van der Waals surface area contributed by atoms with Crippen molar-refractivity contribution in [3.8, 4) is 5.75 Å². The van der Waals surface area contributed by atoms with Gasteiger partial charge in [0.15, 0.2) is 5.96 Å². The lowest BCUT2D eigenvalue weighted by Gasteiger charge is -2.18. The number of nitrogens with two attached hydrogens (primary N) is 1. The van der Waals surface area contributed by atoms with E-state index < -0.39 is 0 Å². The van der Waals surface area contributed by atoms with E-state index in [4.69, 9.17) is 22.1 Å². The van der Waals surface area contributed by atoms with Gasteiger partial charge in [0.1, 0.15) is 5.75 Å². The average molecular weight is 489 g/mol. The SMILES string of the molecule is COc1ccc(NC(N)=NCCCCN(C)c2ccccc2)cc1Cl.I. The van der Waals surface area contributed by atoms with E-state index in [0.717, 1.165) is 25.1 Å². The molecule has 0 radical (unpaired) electrons. The number of nitrogens with one attached hydrogen (secondary N) is 1. The molecule has 2 aromatic carbocycles. The van der Waals surface area contributed by atoms with E-state index in [9.17, 15) is 0 Å². The number of hydrogen-bond donors (Lipinski definition) is 2. The lowest BCUT2D eigenvalue weighted by atomic mass is 10.2. The number of halogens is 2. The van der Waals surface area contributed by atoms with Crippen molar-refractivity contribution in [2.45, 2.75) is 12.8 Å². The highest BCUT2D eigenvalue weighted by atomic mass is 127. The second kappa shape index (κ2) is 11.9. The number of benzene rings is 2. The molecule has 0 aliphatic carbocycles. The smallest absolute Gasteiger partial charge is 0.193 e. The summed E-state index contributed by atoms with van der Waals surface area (Å²) < 4.78 is 5.12. The Morgan fingerprint density at radius 2 is 1.92 bits per heavy atom. The van der Waals surface area contributed by atoms with Crippen LogP contribution in [0, 0.1) is 0 Å². The predicted octanol–water partition coefficient (Wildman–Crippen LogP) is 4.61. The molecule has 26 heavy (non-hydrogen) atoms. The van der Waals surface area contributed by atoms with E-state index in [1.54, 1.807) is 19.2 Å². The first-order chi connectivity index (χ1) is 12.1. The molecule has 2 rings (SSSR count). The molecule has 3 N–H and O–H groups in total. The molecular formula is C19H26ClIN4O. The fraction of sp³-hybridized carbons (Fsp3) is 0.316. The molecule has 0 saturated heterocycles. The highest BCUT2D eigenvalue weighted by Gasteiger charge is 2.03. The quantitative estimate of drug-likeness (QED) is 0.247. The van der Waals surface area contributed by atoms with Gasteiger partial charge in [-0.15, -0.1) is 24.0 Å². The summed E-state index contributed by atoms with van der Waals surface area (Å²) in [6, 6.07) is 15.7. The van der Waals surface area contributed by atoms with Crippen LogP contribution >= 0.6 is 35.6 Å². The zero-order valence-corrected chi connectivity index (χ0v) is 18.2. The Labute approximate surface area is 177 Å². The van der Waals surface area contributed by atoms with Crippen LogP contribution in [0.1, 0.15) is 12.8 Å². The molecule has 0 unspecified atom stereocenters. The second-order valence-corrected chi connectivity index (χ2v) is 6.11. The van der Waals surface area contributed by atoms with Crippen molar-refractivity contribution in [1.29, 1.82) is 0 Å². The van der Waals surface area contributed by atoms with Gasteiger partial charge in [0.25, 0.3) is 0 Å². The summed E-state index contributed by atoms with van der Waals surface area (Å²) in [6.45, 7) is 1.67. The Hall–Kier alpha value is -1.67. The Kier molecular flexibility index (Phi) is 10.2. The van der Waals surface area contributed by atoms with Crippen molar-refractivity contribution in [3.63, 3.8) is 0 Å². The van der Waals surface area contributed by atoms with Gasteiger partial charge in [0, 0.05) is 31.5 Å². The number of nitrogens with zero attached hydrogens (tertiary/aromatic N) is 2. The van der Waals surface area contributed by atoms with E-state index in [1.807, 2.05) is 24.3 Å². The molecule has 0 amide bonds. The molecule has 0 aliphatic rings. The third kappa shape index (κ3) is 7.29. The van der Waals surface area contributed by atoms with Crippen LogP contribution in [0.15, 0.2) is 53.5 Å². The van der Waals surface area contributed by atoms with Crippen LogP contribution < -0.4 is 20.7 Å². The van der Waals surface area contributed by atoms with E-state index in [0.29, 0.717) is 23.3 Å². The van der Waals surface area contributed by atoms with Crippen molar-refractivity contribution < 1.29 is 4.74 Å². The number of unbranched alkanes of at least 4 members (excludes halogenated alkanes) is 1. The van der Waals surface area contributed by atoms with Crippen molar-refractivity contribution >= 4 is 52.9 Å². The number of hydrogen-bond acceptors (Lipinski definition) is 3. The van der Waals surface area contributed by atoms with Gasteiger partial charge >= 0.3 is 0 Å². The molecule has 0 heterocycles. The van der Waals surface area contributed by atoms with Crippen LogP contribution in [0.25, 0.3) is 0 Å². The number of rotatable bonds is 8. The summed E-state index contributed by atoms with van der Waals surface area (Å²) in [6.07, 6.45) is 2.03. The van der Waals surface area contributed by atoms with Crippen LogP contribution in [0.4, 0.5) is 11.4 Å². The third-order valence-electron chi connectivity index (χ3n) is 3.80. The lowest BCUT2D eigenvalue weighted by Crippen LogP contribution is -2.23. The Bertz CT molecular complexity index is 697. The minimum Gasteiger partial charge on any atom is -0.495 e. The van der Waals surface area contributed by atoms with Gasteiger partial charge in [-0.2, -0.15) is 0 Å². The topological polar surface area (TPSA) is 62.9 Å². The fourth-order valence-corrected chi connectivity index (χ4v) is 2.66. The van der Waals surface area contributed by atoms with Crippen molar-refractivity contribution in [2.24, 2.45) is 10.7 Å². The maximum atomic E-state index is 6.09. The van der Waals surface area contributed by atoms with E-state index in [2.05, 4.69) is 34.4 Å². The predicted molar refractivity (Wildman–Crippen MR) is 122 cm³/mol. The number of ether oxygens (including phenoxy) is 1. The molecule has 0 aliphatic heterocycles. The first-order valence-corrected chi connectivity index (χ1v) is 8.64. The van der Waals surface area contributed by atoms with Crippen LogP contribution in [0.3, 0.4) is 0 Å². The Balaban J connectivity index is 0.00000338. The van der Waals surface area contributed by atoms with Crippen LogP contribution in [0.2, 0.25) is 5.02 Å². The highest BCUT2D eigenvalue weighted by molar-refractivity contribution is 14.0. The zero-order chi connectivity index (χ0) is 18.1. The zero-order valence-electron chi connectivity index (χ0n) is 15.1. The van der Waals surface area contributed by atoms with Gasteiger partial charge in [0.2, 0.25) is 0 Å². The molecule has 142 valence electrons. The number of para-hydroxylation sites is 1. The van der Waals surface area contributed by atoms with E-state index >= 15 is 0 Å².